The Hall–Kier alpha value is -1.55. The average molecular weight is 263 g/mol. The molecule has 0 bridgehead atoms. The Labute approximate surface area is 114 Å². The van der Waals surface area contributed by atoms with Crippen molar-refractivity contribution in [2.75, 3.05) is 18.6 Å². The van der Waals surface area contributed by atoms with E-state index in [4.69, 9.17) is 9.47 Å². The normalized spacial score (nSPS) is 18.4. The molecule has 4 heteroatoms. The highest BCUT2D eigenvalue weighted by molar-refractivity contribution is 5.95. The number of ether oxygens (including phenoxy) is 2. The number of anilines is 1. The van der Waals surface area contributed by atoms with Crippen molar-refractivity contribution in [1.29, 1.82) is 0 Å². The van der Waals surface area contributed by atoms with Gasteiger partial charge in [-0.1, -0.05) is 12.1 Å². The molecule has 4 nitrogen and oxygen atoms in total. The van der Waals surface area contributed by atoms with E-state index in [-0.39, 0.29) is 17.6 Å². The van der Waals surface area contributed by atoms with Gasteiger partial charge in [0.05, 0.1) is 24.8 Å². The van der Waals surface area contributed by atoms with Crippen molar-refractivity contribution in [2.24, 2.45) is 0 Å². The highest BCUT2D eigenvalue weighted by Gasteiger charge is 2.34. The van der Waals surface area contributed by atoms with Gasteiger partial charge in [0.1, 0.15) is 11.4 Å². The Morgan fingerprint density at radius 1 is 1.47 bits per heavy atom. The molecule has 0 radical (unpaired) electrons. The second-order valence-electron chi connectivity index (χ2n) is 5.56. The molecule has 1 unspecified atom stereocenters. The fourth-order valence-electron chi connectivity index (χ4n) is 2.22. The Balaban J connectivity index is 2.27. The monoisotopic (exact) mass is 263 g/mol. The number of rotatable bonds is 3. The van der Waals surface area contributed by atoms with E-state index in [1.807, 2.05) is 45.0 Å². The second kappa shape index (κ2) is 5.21. The van der Waals surface area contributed by atoms with Crippen LogP contribution in [0, 0.1) is 0 Å². The third kappa shape index (κ3) is 3.07. The summed E-state index contributed by atoms with van der Waals surface area (Å²) in [5, 5.41) is 0. The number of para-hydroxylation sites is 2. The molecule has 2 rings (SSSR count). The van der Waals surface area contributed by atoms with Crippen molar-refractivity contribution in [3.8, 4) is 5.75 Å². The molecule has 1 aliphatic heterocycles. The number of methoxy groups -OCH3 is 1. The van der Waals surface area contributed by atoms with Crippen molar-refractivity contribution in [3.05, 3.63) is 24.3 Å². The number of benzene rings is 1. The van der Waals surface area contributed by atoms with E-state index in [1.165, 1.54) is 0 Å². The van der Waals surface area contributed by atoms with Gasteiger partial charge in [0.15, 0.2) is 0 Å². The molecule has 19 heavy (non-hydrogen) atoms. The summed E-state index contributed by atoms with van der Waals surface area (Å²) in [5.74, 6) is 0.829. The quantitative estimate of drug-likeness (QED) is 0.841. The van der Waals surface area contributed by atoms with Gasteiger partial charge in [-0.3, -0.25) is 4.79 Å². The number of amides is 1. The molecule has 1 atom stereocenters. The van der Waals surface area contributed by atoms with E-state index in [9.17, 15) is 4.79 Å². The zero-order valence-corrected chi connectivity index (χ0v) is 12.0. The summed E-state index contributed by atoms with van der Waals surface area (Å²) < 4.78 is 11.1. The summed E-state index contributed by atoms with van der Waals surface area (Å²) in [5.41, 5.74) is 0.468. The van der Waals surface area contributed by atoms with Gasteiger partial charge in [-0.15, -0.1) is 0 Å². The molecule has 0 fully saturated rings. The molecule has 1 heterocycles. The minimum absolute atomic E-state index is 0.0678. The molecular weight excluding hydrogens is 242 g/mol. The maximum absolute atomic E-state index is 12.4. The number of hydrogen-bond acceptors (Lipinski definition) is 3. The van der Waals surface area contributed by atoms with E-state index < -0.39 is 0 Å². The van der Waals surface area contributed by atoms with E-state index in [0.717, 1.165) is 11.4 Å². The van der Waals surface area contributed by atoms with Crippen LogP contribution in [0.5, 0.6) is 5.75 Å². The molecule has 1 aromatic rings. The largest absolute Gasteiger partial charge is 0.484 e. The van der Waals surface area contributed by atoms with E-state index in [2.05, 4.69) is 0 Å². The lowest BCUT2D eigenvalue weighted by atomic mass is 10.0. The average Bonchev–Trinajstić information content (AvgIpc) is 2.36. The number of hydrogen-bond donors (Lipinski definition) is 0. The molecule has 0 saturated carbocycles. The van der Waals surface area contributed by atoms with Crippen molar-refractivity contribution in [3.63, 3.8) is 0 Å². The Morgan fingerprint density at radius 3 is 2.84 bits per heavy atom. The maximum Gasteiger partial charge on any atom is 0.229 e. The third-order valence-corrected chi connectivity index (χ3v) is 3.25. The number of carbonyl (C=O) groups excluding carboxylic acids is 1. The van der Waals surface area contributed by atoms with E-state index >= 15 is 0 Å². The van der Waals surface area contributed by atoms with Gasteiger partial charge >= 0.3 is 0 Å². The molecular formula is C15H21NO3. The fraction of sp³-hybridized carbons (Fsp3) is 0.533. The van der Waals surface area contributed by atoms with Gasteiger partial charge < -0.3 is 14.4 Å². The summed E-state index contributed by atoms with van der Waals surface area (Å²) in [6, 6.07) is 7.65. The van der Waals surface area contributed by atoms with Crippen molar-refractivity contribution >= 4 is 11.6 Å². The summed E-state index contributed by atoms with van der Waals surface area (Å²) in [7, 11) is 1.62. The van der Waals surface area contributed by atoms with E-state index in [0.29, 0.717) is 13.0 Å². The predicted octanol–water partition coefficient (Wildman–Crippen LogP) is 2.62. The molecule has 1 aliphatic rings. The third-order valence-electron chi connectivity index (χ3n) is 3.25. The maximum atomic E-state index is 12.4. The lowest BCUT2D eigenvalue weighted by molar-refractivity contribution is -0.121. The van der Waals surface area contributed by atoms with Crippen LogP contribution in [0.25, 0.3) is 0 Å². The van der Waals surface area contributed by atoms with Crippen LogP contribution < -0.4 is 9.64 Å². The first kappa shape index (κ1) is 13.9. The molecule has 104 valence electrons. The molecule has 1 amide bonds. The van der Waals surface area contributed by atoms with Crippen LogP contribution in [0.4, 0.5) is 5.69 Å². The van der Waals surface area contributed by atoms with Gasteiger partial charge in [0.2, 0.25) is 5.91 Å². The SMILES string of the molecule is COC(C)CC(=O)N1CC(C)(C)Oc2ccccc21. The van der Waals surface area contributed by atoms with Crippen LogP contribution in [0.15, 0.2) is 24.3 Å². The van der Waals surface area contributed by atoms with Crippen LogP contribution >= 0.6 is 0 Å². The molecule has 0 saturated heterocycles. The van der Waals surface area contributed by atoms with Gasteiger partial charge in [0.25, 0.3) is 0 Å². The summed E-state index contributed by atoms with van der Waals surface area (Å²) in [6.45, 7) is 6.43. The molecule has 0 spiro atoms. The van der Waals surface area contributed by atoms with Crippen molar-refractivity contribution < 1.29 is 14.3 Å². The topological polar surface area (TPSA) is 38.8 Å². The van der Waals surface area contributed by atoms with E-state index in [1.54, 1.807) is 12.0 Å². The lowest BCUT2D eigenvalue weighted by Gasteiger charge is -2.40. The molecule has 1 aromatic carbocycles. The van der Waals surface area contributed by atoms with Crippen LogP contribution in [0.2, 0.25) is 0 Å². The predicted molar refractivity (Wildman–Crippen MR) is 74.6 cm³/mol. The summed E-state index contributed by atoms with van der Waals surface area (Å²) in [4.78, 5) is 14.2. The smallest absolute Gasteiger partial charge is 0.229 e. The first-order chi connectivity index (χ1) is 8.93. The van der Waals surface area contributed by atoms with Gasteiger partial charge in [-0.25, -0.2) is 0 Å². The standard InChI is InChI=1S/C15H21NO3/c1-11(18-4)9-14(17)16-10-15(2,3)19-13-8-6-5-7-12(13)16/h5-8,11H,9-10H2,1-4H3. The van der Waals surface area contributed by atoms with Crippen LogP contribution in [-0.4, -0.2) is 31.3 Å². The minimum atomic E-state index is -0.375. The highest BCUT2D eigenvalue weighted by atomic mass is 16.5. The second-order valence-corrected chi connectivity index (χ2v) is 5.56. The van der Waals surface area contributed by atoms with Crippen molar-refractivity contribution in [2.45, 2.75) is 38.9 Å². The minimum Gasteiger partial charge on any atom is -0.484 e. The van der Waals surface area contributed by atoms with Crippen molar-refractivity contribution in [1.82, 2.24) is 0 Å². The molecule has 0 aromatic heterocycles. The van der Waals surface area contributed by atoms with Crippen LogP contribution in [0.1, 0.15) is 27.2 Å². The fourth-order valence-corrected chi connectivity index (χ4v) is 2.22. The lowest BCUT2D eigenvalue weighted by Crippen LogP contribution is -2.49. The number of carbonyl (C=O) groups is 1. The Morgan fingerprint density at radius 2 is 2.16 bits per heavy atom. The Bertz CT molecular complexity index is 470. The zero-order valence-electron chi connectivity index (χ0n) is 12.0. The summed E-state index contributed by atoms with van der Waals surface area (Å²) >= 11 is 0. The van der Waals surface area contributed by atoms with Gasteiger partial charge in [-0.05, 0) is 32.9 Å². The molecule has 0 aliphatic carbocycles. The molecule has 0 N–H and O–H groups in total. The Kier molecular flexibility index (Phi) is 3.80. The number of nitrogens with zero attached hydrogens (tertiary/aromatic N) is 1. The first-order valence-corrected chi connectivity index (χ1v) is 6.54. The van der Waals surface area contributed by atoms with Crippen LogP contribution in [-0.2, 0) is 9.53 Å². The summed E-state index contributed by atoms with van der Waals surface area (Å²) in [6.07, 6.45) is 0.298. The number of fused-ring (bicyclic) bond motifs is 1. The van der Waals surface area contributed by atoms with Crippen LogP contribution in [0.3, 0.4) is 0 Å². The zero-order chi connectivity index (χ0) is 14.0. The highest BCUT2D eigenvalue weighted by Crippen LogP contribution is 2.36. The van der Waals surface area contributed by atoms with Gasteiger partial charge in [-0.2, -0.15) is 0 Å². The van der Waals surface area contributed by atoms with Gasteiger partial charge in [0, 0.05) is 7.11 Å². The first-order valence-electron chi connectivity index (χ1n) is 6.54.